The van der Waals surface area contributed by atoms with Gasteiger partial charge in [-0.3, -0.25) is 4.79 Å². The van der Waals surface area contributed by atoms with Gasteiger partial charge in [-0.25, -0.2) is 0 Å². The van der Waals surface area contributed by atoms with Crippen molar-refractivity contribution in [3.63, 3.8) is 0 Å². The molecule has 0 heterocycles. The van der Waals surface area contributed by atoms with E-state index in [0.29, 0.717) is 0 Å². The summed E-state index contributed by atoms with van der Waals surface area (Å²) in [5.74, 6) is -0.0219. The van der Waals surface area contributed by atoms with Gasteiger partial charge in [0.2, 0.25) is 5.91 Å². The molecule has 0 saturated carbocycles. The second kappa shape index (κ2) is 3.60. The van der Waals surface area contributed by atoms with E-state index in [9.17, 15) is 4.79 Å². The van der Waals surface area contributed by atoms with Crippen LogP contribution in [0.3, 0.4) is 0 Å². The van der Waals surface area contributed by atoms with Crippen molar-refractivity contribution in [3.8, 4) is 0 Å². The molecule has 0 fully saturated rings. The summed E-state index contributed by atoms with van der Waals surface area (Å²) in [6, 6.07) is 4.09. The van der Waals surface area contributed by atoms with Gasteiger partial charge in [0.25, 0.3) is 0 Å². The number of nitrogens with one attached hydrogen (secondary N) is 1. The number of anilines is 1. The number of hydrogen-bond acceptors (Lipinski definition) is 1. The highest BCUT2D eigenvalue weighted by Crippen LogP contribution is 2.19. The second-order valence-corrected chi connectivity index (χ2v) is 3.43. The summed E-state index contributed by atoms with van der Waals surface area (Å²) in [6.07, 6.45) is 0. The van der Waals surface area contributed by atoms with Gasteiger partial charge in [0.1, 0.15) is 0 Å². The summed E-state index contributed by atoms with van der Waals surface area (Å²) >= 11 is 0. The van der Waals surface area contributed by atoms with Gasteiger partial charge in [-0.05, 0) is 43.5 Å². The van der Waals surface area contributed by atoms with Gasteiger partial charge in [-0.2, -0.15) is 0 Å². The Balaban J connectivity index is 3.08. The first-order valence-electron chi connectivity index (χ1n) is 4.36. The van der Waals surface area contributed by atoms with Crippen LogP contribution in [0.25, 0.3) is 0 Å². The molecule has 1 aromatic rings. The van der Waals surface area contributed by atoms with Gasteiger partial charge in [0.05, 0.1) is 0 Å². The molecule has 0 aliphatic heterocycles. The fraction of sp³-hybridized carbons (Fsp3) is 0.364. The first kappa shape index (κ1) is 9.78. The van der Waals surface area contributed by atoms with Crippen molar-refractivity contribution in [1.82, 2.24) is 0 Å². The van der Waals surface area contributed by atoms with E-state index < -0.39 is 0 Å². The molecule has 0 aromatic heterocycles. The molecule has 0 aliphatic rings. The van der Waals surface area contributed by atoms with Gasteiger partial charge >= 0.3 is 0 Å². The predicted molar refractivity (Wildman–Crippen MR) is 55.0 cm³/mol. The Morgan fingerprint density at radius 3 is 2.15 bits per heavy atom. The van der Waals surface area contributed by atoms with Crippen LogP contribution >= 0.6 is 0 Å². The Labute approximate surface area is 79.0 Å². The minimum atomic E-state index is -0.0219. The third kappa shape index (κ3) is 2.31. The molecule has 0 bridgehead atoms. The number of carbonyl (C=O) groups is 1. The zero-order valence-corrected chi connectivity index (χ0v) is 8.56. The van der Waals surface area contributed by atoms with Crippen molar-refractivity contribution in [2.75, 3.05) is 5.32 Å². The average Bonchev–Trinajstić information content (AvgIpc) is 1.99. The smallest absolute Gasteiger partial charge is 0.221 e. The number of benzene rings is 1. The lowest BCUT2D eigenvalue weighted by atomic mass is 10.1. The molecule has 70 valence electrons. The van der Waals surface area contributed by atoms with E-state index in [2.05, 4.69) is 18.3 Å². The van der Waals surface area contributed by atoms with Crippen LogP contribution in [0.4, 0.5) is 5.69 Å². The molecule has 0 aliphatic carbocycles. The Morgan fingerprint density at radius 2 is 1.62 bits per heavy atom. The fourth-order valence-electron chi connectivity index (χ4n) is 1.28. The van der Waals surface area contributed by atoms with Crippen molar-refractivity contribution in [1.29, 1.82) is 0 Å². The largest absolute Gasteiger partial charge is 0.326 e. The van der Waals surface area contributed by atoms with Crippen LogP contribution in [0, 0.1) is 20.8 Å². The van der Waals surface area contributed by atoms with E-state index in [1.165, 1.54) is 18.1 Å². The van der Waals surface area contributed by atoms with Crippen molar-refractivity contribution in [2.45, 2.75) is 27.7 Å². The molecule has 0 spiro atoms. The molecule has 13 heavy (non-hydrogen) atoms. The molecule has 1 N–H and O–H groups in total. The van der Waals surface area contributed by atoms with Crippen LogP contribution in [-0.2, 0) is 4.79 Å². The van der Waals surface area contributed by atoms with Crippen LogP contribution in [0.2, 0.25) is 0 Å². The summed E-state index contributed by atoms with van der Waals surface area (Å²) < 4.78 is 0. The highest BCUT2D eigenvalue weighted by atomic mass is 16.1. The molecule has 1 rings (SSSR count). The lowest BCUT2D eigenvalue weighted by Gasteiger charge is -2.09. The normalized spacial score (nSPS) is 9.85. The molecular formula is C11H15NO. The van der Waals surface area contributed by atoms with Crippen LogP contribution in [0.5, 0.6) is 0 Å². The minimum absolute atomic E-state index is 0.0219. The number of aryl methyl sites for hydroxylation is 3. The first-order chi connectivity index (χ1) is 6.00. The van der Waals surface area contributed by atoms with Gasteiger partial charge in [0, 0.05) is 12.6 Å². The van der Waals surface area contributed by atoms with Crippen LogP contribution in [0.1, 0.15) is 23.6 Å². The van der Waals surface area contributed by atoms with Gasteiger partial charge < -0.3 is 5.32 Å². The molecule has 2 heteroatoms. The number of amides is 1. The molecule has 0 radical (unpaired) electrons. The SMILES string of the molecule is CC(=O)Nc1cc(C)c(C)cc1C. The molecule has 1 amide bonds. The average molecular weight is 177 g/mol. The van der Waals surface area contributed by atoms with E-state index in [1.54, 1.807) is 0 Å². The quantitative estimate of drug-likeness (QED) is 0.701. The van der Waals surface area contributed by atoms with E-state index in [-0.39, 0.29) is 5.91 Å². The zero-order chi connectivity index (χ0) is 10.0. The van der Waals surface area contributed by atoms with Crippen LogP contribution in [-0.4, -0.2) is 5.91 Å². The number of carbonyl (C=O) groups excluding carboxylic acids is 1. The molecule has 0 atom stereocenters. The van der Waals surface area contributed by atoms with E-state index in [0.717, 1.165) is 11.3 Å². The van der Waals surface area contributed by atoms with Crippen molar-refractivity contribution in [3.05, 3.63) is 28.8 Å². The van der Waals surface area contributed by atoms with Gasteiger partial charge in [-0.15, -0.1) is 0 Å². The number of rotatable bonds is 1. The lowest BCUT2D eigenvalue weighted by Crippen LogP contribution is -2.07. The molecule has 0 saturated heterocycles. The first-order valence-corrected chi connectivity index (χ1v) is 4.36. The highest BCUT2D eigenvalue weighted by molar-refractivity contribution is 5.89. The van der Waals surface area contributed by atoms with Gasteiger partial charge in [0.15, 0.2) is 0 Å². The third-order valence-electron chi connectivity index (χ3n) is 2.15. The lowest BCUT2D eigenvalue weighted by molar-refractivity contribution is -0.114. The Hall–Kier alpha value is -1.31. The summed E-state index contributed by atoms with van der Waals surface area (Å²) in [4.78, 5) is 10.9. The standard InChI is InChI=1S/C11H15NO/c1-7-5-9(3)11(6-8(7)2)12-10(4)13/h5-6H,1-4H3,(H,12,13). The minimum Gasteiger partial charge on any atom is -0.326 e. The Morgan fingerprint density at radius 1 is 1.08 bits per heavy atom. The maximum atomic E-state index is 10.9. The summed E-state index contributed by atoms with van der Waals surface area (Å²) in [5, 5.41) is 2.80. The summed E-state index contributed by atoms with van der Waals surface area (Å²) in [7, 11) is 0. The summed E-state index contributed by atoms with van der Waals surface area (Å²) in [5.41, 5.74) is 4.48. The van der Waals surface area contributed by atoms with E-state index in [4.69, 9.17) is 0 Å². The maximum Gasteiger partial charge on any atom is 0.221 e. The zero-order valence-electron chi connectivity index (χ0n) is 8.56. The monoisotopic (exact) mass is 177 g/mol. The van der Waals surface area contributed by atoms with Crippen molar-refractivity contribution in [2.24, 2.45) is 0 Å². The molecule has 2 nitrogen and oxygen atoms in total. The Kier molecular flexibility index (Phi) is 2.71. The molecule has 0 unspecified atom stereocenters. The third-order valence-corrected chi connectivity index (χ3v) is 2.15. The van der Waals surface area contributed by atoms with E-state index >= 15 is 0 Å². The second-order valence-electron chi connectivity index (χ2n) is 3.43. The van der Waals surface area contributed by atoms with Gasteiger partial charge in [-0.1, -0.05) is 6.07 Å². The van der Waals surface area contributed by atoms with E-state index in [1.807, 2.05) is 19.9 Å². The number of hydrogen-bond donors (Lipinski definition) is 1. The fourth-order valence-corrected chi connectivity index (χ4v) is 1.28. The predicted octanol–water partition coefficient (Wildman–Crippen LogP) is 2.57. The Bertz CT molecular complexity index is 342. The maximum absolute atomic E-state index is 10.9. The topological polar surface area (TPSA) is 29.1 Å². The van der Waals surface area contributed by atoms with Crippen molar-refractivity contribution < 1.29 is 4.79 Å². The van der Waals surface area contributed by atoms with Crippen molar-refractivity contribution >= 4 is 11.6 Å². The highest BCUT2D eigenvalue weighted by Gasteiger charge is 2.02. The summed E-state index contributed by atoms with van der Waals surface area (Å²) in [6.45, 7) is 7.63. The van der Waals surface area contributed by atoms with Crippen LogP contribution < -0.4 is 5.32 Å². The molecule has 1 aromatic carbocycles. The van der Waals surface area contributed by atoms with Crippen LogP contribution in [0.15, 0.2) is 12.1 Å². The molecular weight excluding hydrogens is 162 g/mol.